The molecule has 0 saturated carbocycles. The Morgan fingerprint density at radius 1 is 1.19 bits per heavy atom. The smallest absolute Gasteiger partial charge is 0.231 e. The molecule has 4 aliphatic rings. The zero-order valence-corrected chi connectivity index (χ0v) is 11.5. The maximum Gasteiger partial charge on any atom is 0.231 e. The molecule has 0 amide bonds. The lowest BCUT2D eigenvalue weighted by Crippen LogP contribution is -2.52. The van der Waals surface area contributed by atoms with Crippen molar-refractivity contribution in [3.05, 3.63) is 35.4 Å². The molecule has 1 unspecified atom stereocenters. The number of rotatable bonds is 0. The van der Waals surface area contributed by atoms with Gasteiger partial charge in [0.05, 0.1) is 17.6 Å². The molecule has 5 heteroatoms. The van der Waals surface area contributed by atoms with Gasteiger partial charge in [-0.2, -0.15) is 0 Å². The standard InChI is InChI=1S/C16H17NO4/c18-10-1-2-16-11-5-13-12(20-8-21-13)3-9(11)6-17(7-15(16)19)14(16)4-10/h1-3,5,10,14-15,18-19H,4,6-8H2/t10-,14+,15-,16-/m1/s1. The molecule has 1 aromatic rings. The molecule has 0 aromatic heterocycles. The first kappa shape index (κ1) is 12.0. The summed E-state index contributed by atoms with van der Waals surface area (Å²) in [4.78, 5) is 2.28. The average Bonchev–Trinajstić information content (AvgIpc) is 2.99. The Morgan fingerprint density at radius 2 is 2.00 bits per heavy atom. The van der Waals surface area contributed by atoms with Gasteiger partial charge in [-0.1, -0.05) is 12.2 Å². The van der Waals surface area contributed by atoms with Gasteiger partial charge in [-0.15, -0.1) is 0 Å². The molecule has 1 aliphatic carbocycles. The van der Waals surface area contributed by atoms with Crippen molar-refractivity contribution in [3.8, 4) is 11.5 Å². The predicted octanol–water partition coefficient (Wildman–Crippen LogP) is 0.533. The first-order chi connectivity index (χ1) is 10.2. The Bertz CT molecular complexity index is 658. The summed E-state index contributed by atoms with van der Waals surface area (Å²) >= 11 is 0. The fourth-order valence-corrected chi connectivity index (χ4v) is 4.53. The molecule has 5 atom stereocenters. The van der Waals surface area contributed by atoms with E-state index < -0.39 is 17.6 Å². The molecule has 21 heavy (non-hydrogen) atoms. The predicted molar refractivity (Wildman–Crippen MR) is 74.2 cm³/mol. The van der Waals surface area contributed by atoms with Crippen molar-refractivity contribution in [1.29, 1.82) is 0 Å². The molecular formula is C16H17NO4. The molecule has 1 aromatic carbocycles. The van der Waals surface area contributed by atoms with Crippen LogP contribution in [-0.4, -0.2) is 46.7 Å². The molecule has 2 bridgehead atoms. The van der Waals surface area contributed by atoms with Gasteiger partial charge < -0.3 is 19.7 Å². The van der Waals surface area contributed by atoms with Gasteiger partial charge in [0.15, 0.2) is 11.5 Å². The van der Waals surface area contributed by atoms with Crippen LogP contribution in [0, 0.1) is 0 Å². The minimum absolute atomic E-state index is 0.153. The van der Waals surface area contributed by atoms with Crippen LogP contribution in [0.5, 0.6) is 11.5 Å². The monoisotopic (exact) mass is 287 g/mol. The van der Waals surface area contributed by atoms with E-state index in [1.165, 1.54) is 5.56 Å². The number of hydrogen-bond acceptors (Lipinski definition) is 5. The van der Waals surface area contributed by atoms with Crippen LogP contribution >= 0.6 is 0 Å². The lowest BCUT2D eigenvalue weighted by molar-refractivity contribution is 0.0937. The number of nitrogens with zero attached hydrogens (tertiary/aromatic N) is 1. The highest BCUT2D eigenvalue weighted by molar-refractivity contribution is 5.56. The zero-order valence-electron chi connectivity index (χ0n) is 11.5. The van der Waals surface area contributed by atoms with Gasteiger partial charge in [-0.25, -0.2) is 0 Å². The topological polar surface area (TPSA) is 62.2 Å². The number of hydrogen-bond donors (Lipinski definition) is 2. The zero-order chi connectivity index (χ0) is 14.2. The van der Waals surface area contributed by atoms with Gasteiger partial charge in [0.1, 0.15) is 0 Å². The summed E-state index contributed by atoms with van der Waals surface area (Å²) in [5.74, 6) is 1.55. The highest BCUT2D eigenvalue weighted by atomic mass is 16.7. The first-order valence-corrected chi connectivity index (χ1v) is 7.41. The molecule has 3 aliphatic heterocycles. The molecule has 110 valence electrons. The summed E-state index contributed by atoms with van der Waals surface area (Å²) in [5, 5.41) is 20.7. The van der Waals surface area contributed by atoms with Crippen molar-refractivity contribution in [2.24, 2.45) is 0 Å². The van der Waals surface area contributed by atoms with Crippen LogP contribution < -0.4 is 9.47 Å². The fraction of sp³-hybridized carbons (Fsp3) is 0.500. The summed E-state index contributed by atoms with van der Waals surface area (Å²) in [7, 11) is 0. The minimum atomic E-state index is -0.451. The number of benzene rings is 1. The van der Waals surface area contributed by atoms with Gasteiger partial charge in [-0.05, 0) is 29.7 Å². The minimum Gasteiger partial charge on any atom is -0.454 e. The first-order valence-electron chi connectivity index (χ1n) is 7.41. The molecule has 1 saturated heterocycles. The Balaban J connectivity index is 1.76. The molecule has 5 rings (SSSR count). The summed E-state index contributed by atoms with van der Waals surface area (Å²) in [5.41, 5.74) is 1.89. The van der Waals surface area contributed by atoms with Crippen LogP contribution in [0.25, 0.3) is 0 Å². The summed E-state index contributed by atoms with van der Waals surface area (Å²) < 4.78 is 11.0. The number of fused-ring (bicyclic) bond motifs is 2. The van der Waals surface area contributed by atoms with E-state index in [9.17, 15) is 10.2 Å². The van der Waals surface area contributed by atoms with E-state index in [-0.39, 0.29) is 12.8 Å². The van der Waals surface area contributed by atoms with Gasteiger partial charge >= 0.3 is 0 Å². The van der Waals surface area contributed by atoms with Gasteiger partial charge in [-0.3, -0.25) is 4.90 Å². The second kappa shape index (κ2) is 3.80. The van der Waals surface area contributed by atoms with Crippen molar-refractivity contribution in [1.82, 2.24) is 4.90 Å². The second-order valence-corrected chi connectivity index (χ2v) is 6.42. The molecule has 0 spiro atoms. The van der Waals surface area contributed by atoms with E-state index in [0.717, 1.165) is 23.6 Å². The van der Waals surface area contributed by atoms with Crippen molar-refractivity contribution >= 4 is 0 Å². The fourth-order valence-electron chi connectivity index (χ4n) is 4.53. The lowest BCUT2D eigenvalue weighted by Gasteiger charge is -2.45. The molecular weight excluding hydrogens is 270 g/mol. The molecule has 0 radical (unpaired) electrons. The highest BCUT2D eigenvalue weighted by Crippen LogP contribution is 2.53. The molecule has 3 heterocycles. The summed E-state index contributed by atoms with van der Waals surface area (Å²) in [6, 6.07) is 4.22. The number of aliphatic hydroxyl groups is 2. The molecule has 1 fully saturated rings. The average molecular weight is 287 g/mol. The van der Waals surface area contributed by atoms with E-state index in [1.54, 1.807) is 0 Å². The van der Waals surface area contributed by atoms with Crippen LogP contribution in [-0.2, 0) is 12.0 Å². The Kier molecular flexibility index (Phi) is 2.17. The maximum absolute atomic E-state index is 10.7. The summed E-state index contributed by atoms with van der Waals surface area (Å²) in [6.45, 7) is 1.69. The SMILES string of the molecule is O[C@@H]1C=C[C@]23c4cc5c(cc4CN(C[C@H]2O)[C@H]3C1)OCO5. The van der Waals surface area contributed by atoms with Crippen LogP contribution in [0.1, 0.15) is 17.5 Å². The van der Waals surface area contributed by atoms with Crippen molar-refractivity contribution in [2.75, 3.05) is 13.3 Å². The third kappa shape index (κ3) is 1.36. The normalized spacial score (nSPS) is 41.8. The van der Waals surface area contributed by atoms with Crippen molar-refractivity contribution in [2.45, 2.75) is 36.6 Å². The Labute approximate surface area is 122 Å². The van der Waals surface area contributed by atoms with Gasteiger partial charge in [0.25, 0.3) is 0 Å². The maximum atomic E-state index is 10.7. The lowest BCUT2D eigenvalue weighted by atomic mass is 9.65. The molecule has 5 nitrogen and oxygen atoms in total. The largest absolute Gasteiger partial charge is 0.454 e. The van der Waals surface area contributed by atoms with Crippen LogP contribution in [0.3, 0.4) is 0 Å². The molecule has 2 N–H and O–H groups in total. The number of ether oxygens (including phenoxy) is 2. The summed E-state index contributed by atoms with van der Waals surface area (Å²) in [6.07, 6.45) is 3.63. The van der Waals surface area contributed by atoms with Crippen LogP contribution in [0.4, 0.5) is 0 Å². The third-order valence-corrected chi connectivity index (χ3v) is 5.45. The van der Waals surface area contributed by atoms with Crippen LogP contribution in [0.15, 0.2) is 24.3 Å². The van der Waals surface area contributed by atoms with E-state index in [4.69, 9.17) is 9.47 Å². The van der Waals surface area contributed by atoms with Crippen molar-refractivity contribution in [3.63, 3.8) is 0 Å². The number of aliphatic hydroxyl groups excluding tert-OH is 2. The highest BCUT2D eigenvalue weighted by Gasteiger charge is 2.58. The van der Waals surface area contributed by atoms with E-state index in [1.807, 2.05) is 24.3 Å². The van der Waals surface area contributed by atoms with Gasteiger partial charge in [0, 0.05) is 19.1 Å². The second-order valence-electron chi connectivity index (χ2n) is 6.42. The van der Waals surface area contributed by atoms with E-state index in [0.29, 0.717) is 13.0 Å². The third-order valence-electron chi connectivity index (χ3n) is 5.45. The van der Waals surface area contributed by atoms with Gasteiger partial charge in [0.2, 0.25) is 6.79 Å². The van der Waals surface area contributed by atoms with Crippen molar-refractivity contribution < 1.29 is 19.7 Å². The van der Waals surface area contributed by atoms with Crippen LogP contribution in [0.2, 0.25) is 0 Å². The van der Waals surface area contributed by atoms with E-state index in [2.05, 4.69) is 4.90 Å². The van der Waals surface area contributed by atoms with E-state index >= 15 is 0 Å². The Hall–Kier alpha value is -1.56. The Morgan fingerprint density at radius 3 is 2.86 bits per heavy atom. The quantitative estimate of drug-likeness (QED) is 0.682.